The molecule has 0 bridgehead atoms. The Hall–Kier alpha value is -3.19. The third-order valence-corrected chi connectivity index (χ3v) is 5.49. The molecule has 0 aliphatic rings. The van der Waals surface area contributed by atoms with E-state index in [-0.39, 0.29) is 5.02 Å². The quantitative estimate of drug-likeness (QED) is 0.349. The molecule has 0 spiro atoms. The van der Waals surface area contributed by atoms with E-state index >= 15 is 0 Å². The van der Waals surface area contributed by atoms with Gasteiger partial charge in [0.15, 0.2) is 11.6 Å². The van der Waals surface area contributed by atoms with Gasteiger partial charge in [0, 0.05) is 29.5 Å². The average Bonchev–Trinajstić information content (AvgIpc) is 2.77. The number of aliphatic hydroxyl groups excluding tert-OH is 1. The lowest BCUT2D eigenvalue weighted by molar-refractivity contribution is 0.138. The summed E-state index contributed by atoms with van der Waals surface area (Å²) in [6.07, 6.45) is 1.16. The van der Waals surface area contributed by atoms with Crippen molar-refractivity contribution < 1.29 is 14.6 Å². The van der Waals surface area contributed by atoms with Gasteiger partial charge < -0.3 is 20.4 Å². The van der Waals surface area contributed by atoms with Gasteiger partial charge in [-0.2, -0.15) is 0 Å². The summed E-state index contributed by atoms with van der Waals surface area (Å²) in [5.41, 5.74) is 4.63. The molecule has 0 fully saturated rings. The van der Waals surface area contributed by atoms with Crippen LogP contribution in [0.15, 0.2) is 66.9 Å². The molecule has 0 amide bonds. The fourth-order valence-electron chi connectivity index (χ4n) is 3.56. The number of fused-ring (bicyclic) bond motifs is 1. The number of likely N-dealkylation sites (N-methyl/N-ethyl adjacent to an activating group) is 1. The van der Waals surface area contributed by atoms with Crippen molar-refractivity contribution in [2.75, 3.05) is 26.0 Å². The zero-order valence-corrected chi connectivity index (χ0v) is 18.4. The van der Waals surface area contributed by atoms with Gasteiger partial charge in [-0.3, -0.25) is 4.98 Å². The van der Waals surface area contributed by atoms with Crippen LogP contribution in [0, 0.1) is 5.82 Å². The zero-order valence-electron chi connectivity index (χ0n) is 17.7. The lowest BCUT2D eigenvalue weighted by Crippen LogP contribution is -2.19. The fourth-order valence-corrected chi connectivity index (χ4v) is 3.77. The minimum Gasteiger partial charge on any atom is -0.504 e. The fraction of sp³-hybridized carbons (Fsp3) is 0.160. The van der Waals surface area contributed by atoms with E-state index in [2.05, 4.69) is 10.3 Å². The number of nitrogens with zero attached hydrogens (tertiary/aromatic N) is 2. The van der Waals surface area contributed by atoms with Crippen molar-refractivity contribution in [1.82, 2.24) is 9.88 Å². The van der Waals surface area contributed by atoms with Gasteiger partial charge in [-0.15, -0.1) is 0 Å². The number of aliphatic hydroxyl groups is 1. The van der Waals surface area contributed by atoms with E-state index in [1.54, 1.807) is 6.20 Å². The van der Waals surface area contributed by atoms with Crippen molar-refractivity contribution in [1.29, 1.82) is 0 Å². The van der Waals surface area contributed by atoms with Crippen molar-refractivity contribution in [2.24, 2.45) is 0 Å². The Morgan fingerprint density at radius 3 is 2.47 bits per heavy atom. The van der Waals surface area contributed by atoms with Gasteiger partial charge in [0.2, 0.25) is 0 Å². The standard InChI is InChI=1S/C25H23ClFN3O2/c1-30(2)14-24(31)15-3-6-18(7-4-15)29-23-9-10-28-22-8-5-16(11-19(22)23)17-12-20(26)25(32)21(27)13-17/h3-13,24,31-32H,14H2,1-2H3,(H,28,29). The number of phenolic OH excluding ortho intramolecular Hbond substituents is 1. The van der Waals surface area contributed by atoms with Crippen LogP contribution in [0.4, 0.5) is 15.8 Å². The molecule has 4 rings (SSSR count). The number of hydrogen-bond acceptors (Lipinski definition) is 5. The number of halogens is 2. The topological polar surface area (TPSA) is 68.6 Å². The molecule has 4 aromatic rings. The number of aromatic hydroxyl groups is 1. The monoisotopic (exact) mass is 451 g/mol. The van der Waals surface area contributed by atoms with Crippen molar-refractivity contribution in [3.63, 3.8) is 0 Å². The molecule has 0 radical (unpaired) electrons. The lowest BCUT2D eigenvalue weighted by atomic mass is 10.0. The van der Waals surface area contributed by atoms with Gasteiger partial charge in [0.25, 0.3) is 0 Å². The maximum Gasteiger partial charge on any atom is 0.170 e. The van der Waals surface area contributed by atoms with Crippen LogP contribution >= 0.6 is 11.6 Å². The summed E-state index contributed by atoms with van der Waals surface area (Å²) in [5.74, 6) is -1.33. The van der Waals surface area contributed by atoms with Crippen LogP contribution in [0.1, 0.15) is 11.7 Å². The molecule has 7 heteroatoms. The van der Waals surface area contributed by atoms with Crippen molar-refractivity contribution >= 4 is 33.9 Å². The molecule has 164 valence electrons. The Morgan fingerprint density at radius 2 is 1.78 bits per heavy atom. The van der Waals surface area contributed by atoms with Gasteiger partial charge in [-0.1, -0.05) is 29.8 Å². The van der Waals surface area contributed by atoms with E-state index in [0.717, 1.165) is 33.4 Å². The highest BCUT2D eigenvalue weighted by Gasteiger charge is 2.12. The molecule has 3 N–H and O–H groups in total. The van der Waals surface area contributed by atoms with Gasteiger partial charge in [-0.25, -0.2) is 4.39 Å². The number of hydrogen-bond donors (Lipinski definition) is 3. The van der Waals surface area contributed by atoms with Crippen LogP contribution in [-0.2, 0) is 0 Å². The Kier molecular flexibility index (Phi) is 6.28. The molecule has 32 heavy (non-hydrogen) atoms. The molecule has 1 aromatic heterocycles. The predicted molar refractivity (Wildman–Crippen MR) is 127 cm³/mol. The highest BCUT2D eigenvalue weighted by atomic mass is 35.5. The number of benzene rings is 3. The molecule has 3 aromatic carbocycles. The van der Waals surface area contributed by atoms with E-state index in [4.69, 9.17) is 11.6 Å². The number of rotatable bonds is 6. The van der Waals surface area contributed by atoms with Gasteiger partial charge in [0.1, 0.15) is 0 Å². The predicted octanol–water partition coefficient (Wildman–Crippen LogP) is 5.74. The summed E-state index contributed by atoms with van der Waals surface area (Å²) < 4.78 is 14.0. The molecule has 1 unspecified atom stereocenters. The first-order valence-electron chi connectivity index (χ1n) is 10.1. The number of aromatic nitrogens is 1. The van der Waals surface area contributed by atoms with E-state index in [1.165, 1.54) is 12.1 Å². The number of anilines is 2. The maximum atomic E-state index is 14.0. The SMILES string of the molecule is CN(C)CC(O)c1ccc(Nc2ccnc3ccc(-c4cc(F)c(O)c(Cl)c4)cc23)cc1. The van der Waals surface area contributed by atoms with Crippen molar-refractivity contribution in [3.05, 3.63) is 83.3 Å². The largest absolute Gasteiger partial charge is 0.504 e. The lowest BCUT2D eigenvalue weighted by Gasteiger charge is -2.17. The second kappa shape index (κ2) is 9.12. The second-order valence-electron chi connectivity index (χ2n) is 7.90. The number of phenols is 1. The molecule has 0 aliphatic heterocycles. The molecule has 0 saturated carbocycles. The van der Waals surface area contributed by atoms with E-state index in [9.17, 15) is 14.6 Å². The van der Waals surface area contributed by atoms with E-state index < -0.39 is 17.7 Å². The normalized spacial score (nSPS) is 12.3. The van der Waals surface area contributed by atoms with Crippen LogP contribution in [-0.4, -0.2) is 40.7 Å². The zero-order chi connectivity index (χ0) is 22.8. The first-order chi connectivity index (χ1) is 15.3. The summed E-state index contributed by atoms with van der Waals surface area (Å²) in [6.45, 7) is 0.548. The molecule has 0 saturated heterocycles. The Morgan fingerprint density at radius 1 is 1.03 bits per heavy atom. The third kappa shape index (κ3) is 4.67. The smallest absolute Gasteiger partial charge is 0.170 e. The van der Waals surface area contributed by atoms with Gasteiger partial charge in [-0.05, 0) is 73.3 Å². The van der Waals surface area contributed by atoms with Gasteiger partial charge in [0.05, 0.1) is 16.6 Å². The Labute approximate surface area is 190 Å². The van der Waals surface area contributed by atoms with Crippen molar-refractivity contribution in [2.45, 2.75) is 6.10 Å². The summed E-state index contributed by atoms with van der Waals surface area (Å²) in [6, 6.07) is 17.9. The molecular weight excluding hydrogens is 429 g/mol. The first-order valence-corrected chi connectivity index (χ1v) is 10.5. The molecular formula is C25H23ClFN3O2. The Bertz CT molecular complexity index is 1240. The maximum absolute atomic E-state index is 14.0. The molecule has 1 heterocycles. The van der Waals surface area contributed by atoms with Crippen LogP contribution < -0.4 is 5.32 Å². The highest BCUT2D eigenvalue weighted by molar-refractivity contribution is 6.32. The first kappa shape index (κ1) is 22.0. The highest BCUT2D eigenvalue weighted by Crippen LogP contribution is 2.35. The minimum absolute atomic E-state index is 0.0406. The van der Waals surface area contributed by atoms with Crippen LogP contribution in [0.25, 0.3) is 22.0 Å². The van der Waals surface area contributed by atoms with E-state index in [1.807, 2.05) is 67.5 Å². The van der Waals surface area contributed by atoms with E-state index in [0.29, 0.717) is 12.1 Å². The summed E-state index contributed by atoms with van der Waals surface area (Å²) >= 11 is 5.95. The average molecular weight is 452 g/mol. The Balaban J connectivity index is 1.66. The van der Waals surface area contributed by atoms with Crippen LogP contribution in [0.2, 0.25) is 5.02 Å². The second-order valence-corrected chi connectivity index (χ2v) is 8.31. The minimum atomic E-state index is -0.770. The molecule has 5 nitrogen and oxygen atoms in total. The van der Waals surface area contributed by atoms with Gasteiger partial charge >= 0.3 is 0 Å². The number of nitrogens with one attached hydrogen (secondary N) is 1. The molecule has 1 atom stereocenters. The van der Waals surface area contributed by atoms with Crippen molar-refractivity contribution in [3.8, 4) is 16.9 Å². The third-order valence-electron chi connectivity index (χ3n) is 5.20. The molecule has 0 aliphatic carbocycles. The summed E-state index contributed by atoms with van der Waals surface area (Å²) in [4.78, 5) is 6.35. The van der Waals surface area contributed by atoms with Crippen LogP contribution in [0.3, 0.4) is 0 Å². The summed E-state index contributed by atoms with van der Waals surface area (Å²) in [5, 5.41) is 24.1. The van der Waals surface area contributed by atoms with Crippen LogP contribution in [0.5, 0.6) is 5.75 Å². The summed E-state index contributed by atoms with van der Waals surface area (Å²) in [7, 11) is 3.84. The number of pyridine rings is 1.